The summed E-state index contributed by atoms with van der Waals surface area (Å²) in [7, 11) is 0. The van der Waals surface area contributed by atoms with Gasteiger partial charge in [-0.3, -0.25) is 0 Å². The first-order chi connectivity index (χ1) is 1.91. The molecule has 3 heteroatoms. The predicted molar refractivity (Wildman–Crippen MR) is 18.1 cm³/mol. The van der Waals surface area contributed by atoms with Crippen molar-refractivity contribution < 1.29 is 22.4 Å². The second kappa shape index (κ2) is 8.82. The summed E-state index contributed by atoms with van der Waals surface area (Å²) >= 11 is 0. The smallest absolute Gasteiger partial charge is 0.329 e. The third kappa shape index (κ3) is 12.0. The number of hydrogen-bond donors (Lipinski definition) is 2. The van der Waals surface area contributed by atoms with Crippen molar-refractivity contribution in [2.75, 3.05) is 13.1 Å². The average Bonchev–Trinajstić information content (AvgIpc) is 1.37. The first-order valence-electron chi connectivity index (χ1n) is 1.32. The Morgan fingerprint density at radius 2 is 1.20 bits per heavy atom. The van der Waals surface area contributed by atoms with Crippen molar-refractivity contribution in [3.05, 3.63) is 0 Å². The summed E-state index contributed by atoms with van der Waals surface area (Å²) in [5, 5.41) is 0. The van der Waals surface area contributed by atoms with Crippen LogP contribution in [0, 0.1) is 0 Å². The van der Waals surface area contributed by atoms with E-state index in [9.17, 15) is 0 Å². The molecule has 0 amide bonds. The van der Waals surface area contributed by atoms with Gasteiger partial charge in [-0.05, 0) is 0 Å². The van der Waals surface area contributed by atoms with E-state index < -0.39 is 0 Å². The molecule has 0 spiro atoms. The van der Waals surface area contributed by atoms with Crippen LogP contribution in [0.25, 0.3) is 0 Å². The van der Waals surface area contributed by atoms with Crippen molar-refractivity contribution >= 4 is 0 Å². The van der Waals surface area contributed by atoms with Gasteiger partial charge >= 0.3 is 22.4 Å². The molecule has 0 unspecified atom stereocenters. The van der Waals surface area contributed by atoms with Gasteiger partial charge in [-0.2, -0.15) is 0 Å². The minimum Gasteiger partial charge on any atom is -0.329 e. The summed E-state index contributed by atoms with van der Waals surface area (Å²) in [5.74, 6) is 0. The van der Waals surface area contributed by atoms with Gasteiger partial charge < -0.3 is 11.5 Å². The van der Waals surface area contributed by atoms with Gasteiger partial charge in [0.15, 0.2) is 0 Å². The Labute approximate surface area is 47.4 Å². The molecule has 0 saturated carbocycles. The fourth-order valence-electron chi connectivity index (χ4n) is 0. The molecule has 0 radical (unpaired) electrons. The zero-order valence-corrected chi connectivity index (χ0v) is 5.04. The summed E-state index contributed by atoms with van der Waals surface area (Å²) in [6.45, 7) is 1.19. The first-order valence-corrected chi connectivity index (χ1v) is 1.32. The standard InChI is InChI=1S/C2H8N2.Au/c3-1-2-4;/h1-4H2;/q;+3. The van der Waals surface area contributed by atoms with Crippen molar-refractivity contribution in [3.8, 4) is 0 Å². The molecule has 0 atom stereocenters. The van der Waals surface area contributed by atoms with Crippen LogP contribution in [0.3, 0.4) is 0 Å². The molecular weight excluding hydrogens is 249 g/mol. The minimum absolute atomic E-state index is 0. The zero-order valence-electron chi connectivity index (χ0n) is 2.87. The maximum atomic E-state index is 4.90. The molecule has 34 valence electrons. The first kappa shape index (κ1) is 9.18. The van der Waals surface area contributed by atoms with Crippen LogP contribution in [-0.4, -0.2) is 13.1 Å². The van der Waals surface area contributed by atoms with Crippen LogP contribution in [0.15, 0.2) is 0 Å². The fourth-order valence-corrected chi connectivity index (χ4v) is 0. The molecule has 0 fully saturated rings. The number of hydrogen-bond acceptors (Lipinski definition) is 2. The van der Waals surface area contributed by atoms with Crippen LogP contribution in [0.5, 0.6) is 0 Å². The van der Waals surface area contributed by atoms with Crippen molar-refractivity contribution in [2.24, 2.45) is 11.5 Å². The Morgan fingerprint density at radius 1 is 1.00 bits per heavy atom. The van der Waals surface area contributed by atoms with Crippen LogP contribution in [0.2, 0.25) is 0 Å². The molecule has 5 heavy (non-hydrogen) atoms. The molecule has 0 heterocycles. The Bertz CT molecular complexity index is 9.61. The van der Waals surface area contributed by atoms with Crippen molar-refractivity contribution in [1.29, 1.82) is 0 Å². The SMILES string of the molecule is NCCN.[Au+3]. The molecule has 0 rings (SSSR count). The second-order valence-corrected chi connectivity index (χ2v) is 0.577. The molecule has 2 nitrogen and oxygen atoms in total. The molecule has 0 aromatic carbocycles. The maximum Gasteiger partial charge on any atom is 3.00 e. The normalized spacial score (nSPS) is 6.00. The van der Waals surface area contributed by atoms with E-state index in [1.54, 1.807) is 0 Å². The summed E-state index contributed by atoms with van der Waals surface area (Å²) in [4.78, 5) is 0. The average molecular weight is 257 g/mol. The van der Waals surface area contributed by atoms with E-state index in [0.717, 1.165) is 0 Å². The van der Waals surface area contributed by atoms with E-state index in [1.165, 1.54) is 0 Å². The molecule has 0 aliphatic carbocycles. The zero-order chi connectivity index (χ0) is 3.41. The van der Waals surface area contributed by atoms with Gasteiger partial charge in [-0.25, -0.2) is 0 Å². The van der Waals surface area contributed by atoms with Crippen molar-refractivity contribution in [1.82, 2.24) is 0 Å². The van der Waals surface area contributed by atoms with Gasteiger partial charge in [0.25, 0.3) is 0 Å². The third-order valence-corrected chi connectivity index (χ3v) is 0.167. The summed E-state index contributed by atoms with van der Waals surface area (Å²) < 4.78 is 0. The summed E-state index contributed by atoms with van der Waals surface area (Å²) in [6.07, 6.45) is 0. The number of nitrogens with two attached hydrogens (primary N) is 2. The van der Waals surface area contributed by atoms with Crippen LogP contribution < -0.4 is 11.5 Å². The van der Waals surface area contributed by atoms with E-state index in [4.69, 9.17) is 11.5 Å². The van der Waals surface area contributed by atoms with Gasteiger partial charge in [0.2, 0.25) is 0 Å². The van der Waals surface area contributed by atoms with Crippen molar-refractivity contribution in [3.63, 3.8) is 0 Å². The fraction of sp³-hybridized carbons (Fsp3) is 1.00. The maximum absolute atomic E-state index is 4.90. The van der Waals surface area contributed by atoms with Crippen LogP contribution in [-0.2, 0) is 22.4 Å². The molecule has 0 aromatic heterocycles. The number of rotatable bonds is 1. The molecule has 0 saturated heterocycles. The van der Waals surface area contributed by atoms with E-state index in [-0.39, 0.29) is 22.4 Å². The van der Waals surface area contributed by atoms with Gasteiger partial charge in [0.05, 0.1) is 0 Å². The molecule has 0 aliphatic rings. The molecule has 4 N–H and O–H groups in total. The Balaban J connectivity index is 0. The van der Waals surface area contributed by atoms with Crippen LogP contribution in [0.4, 0.5) is 0 Å². The van der Waals surface area contributed by atoms with Gasteiger partial charge in [-0.1, -0.05) is 0 Å². The van der Waals surface area contributed by atoms with E-state index in [0.29, 0.717) is 13.1 Å². The van der Waals surface area contributed by atoms with E-state index in [2.05, 4.69) is 0 Å². The predicted octanol–water partition coefficient (Wildman–Crippen LogP) is -1.10. The van der Waals surface area contributed by atoms with Gasteiger partial charge in [0.1, 0.15) is 0 Å². The third-order valence-electron chi connectivity index (χ3n) is 0.167. The Hall–Kier alpha value is 0.660. The summed E-state index contributed by atoms with van der Waals surface area (Å²) in [6, 6.07) is 0. The molecular formula is C2H8AuN2+3. The van der Waals surface area contributed by atoms with Gasteiger partial charge in [-0.15, -0.1) is 0 Å². The second-order valence-electron chi connectivity index (χ2n) is 0.577. The molecule has 0 bridgehead atoms. The van der Waals surface area contributed by atoms with Gasteiger partial charge in [0, 0.05) is 13.1 Å². The topological polar surface area (TPSA) is 52.0 Å². The quantitative estimate of drug-likeness (QED) is 0.586. The van der Waals surface area contributed by atoms with E-state index in [1.807, 2.05) is 0 Å². The van der Waals surface area contributed by atoms with Crippen molar-refractivity contribution in [2.45, 2.75) is 0 Å². The summed E-state index contributed by atoms with van der Waals surface area (Å²) in [5.41, 5.74) is 9.81. The molecule has 0 aliphatic heterocycles. The Morgan fingerprint density at radius 3 is 1.20 bits per heavy atom. The van der Waals surface area contributed by atoms with E-state index >= 15 is 0 Å². The van der Waals surface area contributed by atoms with Crippen LogP contribution in [0.1, 0.15) is 0 Å². The minimum atomic E-state index is 0. The monoisotopic (exact) mass is 257 g/mol. The largest absolute Gasteiger partial charge is 3.00 e. The van der Waals surface area contributed by atoms with Crippen LogP contribution >= 0.6 is 0 Å². The molecule has 0 aromatic rings. The Kier molecular flexibility index (Phi) is 16.2.